The van der Waals surface area contributed by atoms with Crippen LogP contribution in [0.15, 0.2) is 35.2 Å². The molecule has 0 aromatic heterocycles. The van der Waals surface area contributed by atoms with E-state index in [2.05, 4.69) is 0 Å². The first-order chi connectivity index (χ1) is 6.74. The molecule has 0 saturated carbocycles. The first-order valence-electron chi connectivity index (χ1n) is 4.78. The molecule has 0 aliphatic carbocycles. The van der Waals surface area contributed by atoms with Gasteiger partial charge in [0.2, 0.25) is 0 Å². The molecular weight excluding hydrogens is 196 g/mol. The monoisotopic (exact) mass is 212 g/mol. The molecule has 0 radical (unpaired) electrons. The Bertz CT molecular complexity index is 251. The molecule has 0 aliphatic rings. The zero-order valence-electron chi connectivity index (χ0n) is 8.26. The largest absolute Gasteiger partial charge is 0.390 e. The Morgan fingerprint density at radius 1 is 1.14 bits per heavy atom. The molecule has 0 aliphatic heterocycles. The van der Waals surface area contributed by atoms with E-state index in [1.54, 1.807) is 11.8 Å². The van der Waals surface area contributed by atoms with Crippen LogP contribution in [-0.2, 0) is 0 Å². The third-order valence-corrected chi connectivity index (χ3v) is 3.14. The Morgan fingerprint density at radius 3 is 2.36 bits per heavy atom. The van der Waals surface area contributed by atoms with Crippen molar-refractivity contribution in [2.75, 3.05) is 5.75 Å². The topological polar surface area (TPSA) is 40.5 Å². The van der Waals surface area contributed by atoms with Gasteiger partial charge in [0, 0.05) is 10.6 Å². The molecule has 0 spiro atoms. The predicted molar refractivity (Wildman–Crippen MR) is 59.5 cm³/mol. The van der Waals surface area contributed by atoms with Gasteiger partial charge < -0.3 is 10.2 Å². The molecule has 1 rings (SSSR count). The zero-order valence-corrected chi connectivity index (χ0v) is 9.07. The number of aliphatic hydroxyl groups excluding tert-OH is 2. The summed E-state index contributed by atoms with van der Waals surface area (Å²) in [6.45, 7) is 1.86. The zero-order chi connectivity index (χ0) is 10.4. The van der Waals surface area contributed by atoms with Crippen LogP contribution in [-0.4, -0.2) is 28.2 Å². The first-order valence-corrected chi connectivity index (χ1v) is 5.76. The molecule has 0 unspecified atom stereocenters. The Kier molecular flexibility index (Phi) is 5.01. The molecule has 2 N–H and O–H groups in total. The molecule has 3 heteroatoms. The van der Waals surface area contributed by atoms with Crippen molar-refractivity contribution in [1.82, 2.24) is 0 Å². The lowest BCUT2D eigenvalue weighted by molar-refractivity contribution is 0.0323. The van der Waals surface area contributed by atoms with Gasteiger partial charge in [-0.25, -0.2) is 0 Å². The summed E-state index contributed by atoms with van der Waals surface area (Å²) < 4.78 is 0. The Balaban J connectivity index is 2.34. The van der Waals surface area contributed by atoms with Crippen LogP contribution in [0.4, 0.5) is 0 Å². The molecule has 0 bridgehead atoms. The molecule has 0 saturated heterocycles. The van der Waals surface area contributed by atoms with Gasteiger partial charge in [-0.15, -0.1) is 11.8 Å². The van der Waals surface area contributed by atoms with Gasteiger partial charge in [0.15, 0.2) is 0 Å². The summed E-state index contributed by atoms with van der Waals surface area (Å²) in [5.41, 5.74) is 0. The summed E-state index contributed by atoms with van der Waals surface area (Å²) in [5.74, 6) is 0.541. The number of rotatable bonds is 5. The fraction of sp³-hybridized carbons (Fsp3) is 0.455. The number of hydrogen-bond acceptors (Lipinski definition) is 3. The van der Waals surface area contributed by atoms with Crippen molar-refractivity contribution < 1.29 is 10.2 Å². The highest BCUT2D eigenvalue weighted by Gasteiger charge is 2.13. The first kappa shape index (κ1) is 11.6. The van der Waals surface area contributed by atoms with Gasteiger partial charge in [0.05, 0.1) is 12.2 Å². The number of thioether (sulfide) groups is 1. The van der Waals surface area contributed by atoms with Crippen molar-refractivity contribution in [1.29, 1.82) is 0 Å². The van der Waals surface area contributed by atoms with Gasteiger partial charge in [0.1, 0.15) is 0 Å². The van der Waals surface area contributed by atoms with Gasteiger partial charge in [-0.3, -0.25) is 0 Å². The van der Waals surface area contributed by atoms with Crippen LogP contribution in [0.1, 0.15) is 13.3 Å². The summed E-state index contributed by atoms with van der Waals surface area (Å²) in [6, 6.07) is 9.88. The molecule has 1 aromatic rings. The van der Waals surface area contributed by atoms with Gasteiger partial charge in [-0.05, 0) is 18.6 Å². The van der Waals surface area contributed by atoms with Crippen LogP contribution in [0.5, 0.6) is 0 Å². The van der Waals surface area contributed by atoms with Crippen LogP contribution in [0.2, 0.25) is 0 Å². The Morgan fingerprint density at radius 2 is 1.79 bits per heavy atom. The van der Waals surface area contributed by atoms with Crippen LogP contribution in [0.3, 0.4) is 0 Å². The maximum atomic E-state index is 9.51. The van der Waals surface area contributed by atoms with Crippen molar-refractivity contribution in [3.05, 3.63) is 30.3 Å². The molecule has 14 heavy (non-hydrogen) atoms. The molecule has 0 amide bonds. The van der Waals surface area contributed by atoms with E-state index in [9.17, 15) is 10.2 Å². The summed E-state index contributed by atoms with van der Waals surface area (Å²) in [4.78, 5) is 1.12. The molecule has 0 fully saturated rings. The van der Waals surface area contributed by atoms with Gasteiger partial charge in [0.25, 0.3) is 0 Å². The Hall–Kier alpha value is -0.510. The lowest BCUT2D eigenvalue weighted by Gasteiger charge is -2.15. The van der Waals surface area contributed by atoms with Crippen LogP contribution < -0.4 is 0 Å². The lowest BCUT2D eigenvalue weighted by Crippen LogP contribution is -2.27. The predicted octanol–water partition coefficient (Wildman–Crippen LogP) is 1.91. The van der Waals surface area contributed by atoms with Crippen molar-refractivity contribution in [3.8, 4) is 0 Å². The van der Waals surface area contributed by atoms with E-state index in [0.717, 1.165) is 4.90 Å². The van der Waals surface area contributed by atoms with E-state index in [1.807, 2.05) is 37.3 Å². The summed E-state index contributed by atoms with van der Waals surface area (Å²) in [7, 11) is 0. The van der Waals surface area contributed by atoms with Gasteiger partial charge >= 0.3 is 0 Å². The van der Waals surface area contributed by atoms with Crippen LogP contribution in [0.25, 0.3) is 0 Å². The molecular formula is C11H16O2S. The average Bonchev–Trinajstić information content (AvgIpc) is 2.26. The fourth-order valence-corrected chi connectivity index (χ4v) is 2.02. The van der Waals surface area contributed by atoms with Crippen molar-refractivity contribution in [2.24, 2.45) is 0 Å². The van der Waals surface area contributed by atoms with E-state index in [4.69, 9.17) is 0 Å². The van der Waals surface area contributed by atoms with E-state index < -0.39 is 12.2 Å². The summed E-state index contributed by atoms with van der Waals surface area (Å²) >= 11 is 1.56. The third-order valence-electron chi connectivity index (χ3n) is 2.03. The molecule has 1 aromatic carbocycles. The summed E-state index contributed by atoms with van der Waals surface area (Å²) in [5, 5.41) is 18.8. The van der Waals surface area contributed by atoms with E-state index in [-0.39, 0.29) is 0 Å². The minimum absolute atomic E-state index is 0.541. The quantitative estimate of drug-likeness (QED) is 0.732. The highest BCUT2D eigenvalue weighted by Crippen LogP contribution is 2.19. The summed E-state index contributed by atoms with van der Waals surface area (Å²) in [6.07, 6.45) is -0.646. The highest BCUT2D eigenvalue weighted by molar-refractivity contribution is 7.99. The second-order valence-corrected chi connectivity index (χ2v) is 4.26. The number of hydrogen-bond donors (Lipinski definition) is 2. The SMILES string of the molecule is CC[C@H](O)[C@H](O)CSc1ccccc1. The van der Waals surface area contributed by atoms with E-state index >= 15 is 0 Å². The maximum absolute atomic E-state index is 9.51. The second kappa shape index (κ2) is 6.06. The van der Waals surface area contributed by atoms with E-state index in [0.29, 0.717) is 12.2 Å². The highest BCUT2D eigenvalue weighted by atomic mass is 32.2. The Labute approximate surface area is 89.0 Å². The van der Waals surface area contributed by atoms with Crippen LogP contribution >= 0.6 is 11.8 Å². The minimum Gasteiger partial charge on any atom is -0.390 e. The smallest absolute Gasteiger partial charge is 0.0892 e. The molecule has 78 valence electrons. The molecule has 0 heterocycles. The molecule has 2 atom stereocenters. The molecule has 2 nitrogen and oxygen atoms in total. The normalized spacial score (nSPS) is 15.1. The van der Waals surface area contributed by atoms with Gasteiger partial charge in [-0.2, -0.15) is 0 Å². The third kappa shape index (κ3) is 3.70. The van der Waals surface area contributed by atoms with Gasteiger partial charge in [-0.1, -0.05) is 25.1 Å². The lowest BCUT2D eigenvalue weighted by atomic mass is 10.2. The standard InChI is InChI=1S/C11H16O2S/c1-2-10(12)11(13)8-14-9-6-4-3-5-7-9/h3-7,10-13H,2,8H2,1H3/t10-,11+/m0/s1. The number of benzene rings is 1. The number of aliphatic hydroxyl groups is 2. The second-order valence-electron chi connectivity index (χ2n) is 3.17. The van der Waals surface area contributed by atoms with Crippen LogP contribution in [0, 0.1) is 0 Å². The van der Waals surface area contributed by atoms with Crippen molar-refractivity contribution >= 4 is 11.8 Å². The maximum Gasteiger partial charge on any atom is 0.0892 e. The average molecular weight is 212 g/mol. The van der Waals surface area contributed by atoms with E-state index in [1.165, 1.54) is 0 Å². The van der Waals surface area contributed by atoms with Crippen molar-refractivity contribution in [3.63, 3.8) is 0 Å². The fourth-order valence-electron chi connectivity index (χ4n) is 1.08. The minimum atomic E-state index is -0.634. The van der Waals surface area contributed by atoms with Crippen molar-refractivity contribution in [2.45, 2.75) is 30.4 Å².